The average Bonchev–Trinajstić information content (AvgIpc) is 3.00. The third-order valence-corrected chi connectivity index (χ3v) is 5.01. The number of aryl methyl sites for hydroxylation is 1. The van der Waals surface area contributed by atoms with Gasteiger partial charge in [0.25, 0.3) is 0 Å². The van der Waals surface area contributed by atoms with E-state index in [-0.39, 0.29) is 5.91 Å². The summed E-state index contributed by atoms with van der Waals surface area (Å²) < 4.78 is 0. The van der Waals surface area contributed by atoms with Crippen molar-refractivity contribution in [3.63, 3.8) is 0 Å². The van der Waals surface area contributed by atoms with Crippen LogP contribution in [-0.2, 0) is 11.2 Å². The second-order valence-electron chi connectivity index (χ2n) is 6.19. The van der Waals surface area contributed by atoms with E-state index < -0.39 is 0 Å². The van der Waals surface area contributed by atoms with Crippen molar-refractivity contribution >= 4 is 22.4 Å². The molecule has 1 aromatic heterocycles. The molecule has 132 valence electrons. The van der Waals surface area contributed by atoms with E-state index in [1.165, 1.54) is 69.1 Å². The Morgan fingerprint density at radius 2 is 1.43 bits per heavy atom. The summed E-state index contributed by atoms with van der Waals surface area (Å²) in [6.07, 6.45) is 15.8. The Balaban J connectivity index is 1.89. The molecule has 0 saturated carbocycles. The van der Waals surface area contributed by atoms with Crippen LogP contribution in [0.4, 0.5) is 5.13 Å². The maximum absolute atomic E-state index is 11.8. The van der Waals surface area contributed by atoms with Crippen LogP contribution in [-0.4, -0.2) is 16.1 Å². The lowest BCUT2D eigenvalue weighted by atomic mass is 10.1. The van der Waals surface area contributed by atoms with Crippen molar-refractivity contribution in [2.75, 3.05) is 5.32 Å². The first-order valence-electron chi connectivity index (χ1n) is 9.38. The molecule has 0 aromatic carbocycles. The van der Waals surface area contributed by atoms with Gasteiger partial charge >= 0.3 is 0 Å². The Morgan fingerprint density at radius 3 is 1.96 bits per heavy atom. The molecule has 23 heavy (non-hydrogen) atoms. The first-order chi connectivity index (χ1) is 11.3. The normalized spacial score (nSPS) is 10.9. The number of hydrogen-bond donors (Lipinski definition) is 1. The van der Waals surface area contributed by atoms with Gasteiger partial charge in [0.1, 0.15) is 5.01 Å². The van der Waals surface area contributed by atoms with Crippen LogP contribution >= 0.6 is 11.3 Å². The smallest absolute Gasteiger partial charge is 0.226 e. The highest BCUT2D eigenvalue weighted by Crippen LogP contribution is 2.16. The summed E-state index contributed by atoms with van der Waals surface area (Å²) in [4.78, 5) is 11.8. The molecule has 1 amide bonds. The maximum Gasteiger partial charge on any atom is 0.226 e. The zero-order valence-corrected chi connectivity index (χ0v) is 15.7. The molecule has 0 atom stereocenters. The molecule has 0 unspecified atom stereocenters. The van der Waals surface area contributed by atoms with Gasteiger partial charge in [0.15, 0.2) is 0 Å². The minimum absolute atomic E-state index is 0.0692. The van der Waals surface area contributed by atoms with Crippen molar-refractivity contribution in [2.45, 2.75) is 97.3 Å². The second-order valence-corrected chi connectivity index (χ2v) is 7.25. The van der Waals surface area contributed by atoms with Crippen LogP contribution in [0.3, 0.4) is 0 Å². The zero-order valence-electron chi connectivity index (χ0n) is 14.9. The minimum Gasteiger partial charge on any atom is -0.301 e. The number of nitrogens with one attached hydrogen (secondary N) is 1. The zero-order chi connectivity index (χ0) is 16.8. The predicted molar refractivity (Wildman–Crippen MR) is 99.0 cm³/mol. The number of carbonyl (C=O) groups excluding carboxylic acids is 1. The molecule has 0 spiro atoms. The van der Waals surface area contributed by atoms with Crippen LogP contribution in [0.5, 0.6) is 0 Å². The topological polar surface area (TPSA) is 54.9 Å². The predicted octanol–water partition coefficient (Wildman–Crippen LogP) is 5.74. The van der Waals surface area contributed by atoms with Gasteiger partial charge in [-0.15, -0.1) is 10.2 Å². The number of amides is 1. The van der Waals surface area contributed by atoms with Gasteiger partial charge in [0.05, 0.1) is 0 Å². The maximum atomic E-state index is 11.8. The first kappa shape index (κ1) is 20.1. The molecule has 0 bridgehead atoms. The van der Waals surface area contributed by atoms with E-state index >= 15 is 0 Å². The monoisotopic (exact) mass is 339 g/mol. The van der Waals surface area contributed by atoms with Crippen molar-refractivity contribution in [3.05, 3.63) is 5.01 Å². The molecule has 0 radical (unpaired) electrons. The molecule has 1 aromatic rings. The Kier molecular flexibility index (Phi) is 11.8. The summed E-state index contributed by atoms with van der Waals surface area (Å²) >= 11 is 1.47. The van der Waals surface area contributed by atoms with Crippen LogP contribution in [0.15, 0.2) is 0 Å². The van der Waals surface area contributed by atoms with Crippen molar-refractivity contribution < 1.29 is 4.79 Å². The van der Waals surface area contributed by atoms with Gasteiger partial charge in [0, 0.05) is 6.42 Å². The average molecular weight is 340 g/mol. The highest BCUT2D eigenvalue weighted by Gasteiger charge is 2.06. The SMILES string of the molecule is CCCCCCCCCCCCCC(=O)Nc1nnc(CC)s1. The van der Waals surface area contributed by atoms with Crippen LogP contribution < -0.4 is 5.32 Å². The first-order valence-corrected chi connectivity index (χ1v) is 10.2. The van der Waals surface area contributed by atoms with E-state index in [0.717, 1.165) is 24.3 Å². The number of anilines is 1. The van der Waals surface area contributed by atoms with Gasteiger partial charge in [-0.05, 0) is 12.8 Å². The number of unbranched alkanes of at least 4 members (excludes halogenated alkanes) is 10. The number of hydrogen-bond acceptors (Lipinski definition) is 4. The quantitative estimate of drug-likeness (QED) is 0.440. The number of rotatable bonds is 14. The van der Waals surface area contributed by atoms with Crippen molar-refractivity contribution in [1.82, 2.24) is 10.2 Å². The summed E-state index contributed by atoms with van der Waals surface area (Å²) in [5, 5.41) is 12.4. The highest BCUT2D eigenvalue weighted by atomic mass is 32.1. The van der Waals surface area contributed by atoms with Crippen molar-refractivity contribution in [3.8, 4) is 0 Å². The van der Waals surface area contributed by atoms with Crippen molar-refractivity contribution in [1.29, 1.82) is 0 Å². The third kappa shape index (κ3) is 10.4. The number of carbonyl (C=O) groups is 1. The largest absolute Gasteiger partial charge is 0.301 e. The third-order valence-electron chi connectivity index (χ3n) is 4.02. The van der Waals surface area contributed by atoms with Crippen LogP contribution in [0.2, 0.25) is 0 Å². The minimum atomic E-state index is 0.0692. The van der Waals surface area contributed by atoms with E-state index in [2.05, 4.69) is 22.4 Å². The fraction of sp³-hybridized carbons (Fsp3) is 0.833. The van der Waals surface area contributed by atoms with E-state index in [9.17, 15) is 4.79 Å². The Hall–Kier alpha value is -0.970. The van der Waals surface area contributed by atoms with E-state index in [0.29, 0.717) is 11.6 Å². The number of nitrogens with zero attached hydrogens (tertiary/aromatic N) is 2. The fourth-order valence-electron chi connectivity index (χ4n) is 2.58. The van der Waals surface area contributed by atoms with Gasteiger partial charge in [-0.2, -0.15) is 0 Å². The molecule has 5 heteroatoms. The number of aromatic nitrogens is 2. The van der Waals surface area contributed by atoms with Gasteiger partial charge < -0.3 is 5.32 Å². The van der Waals surface area contributed by atoms with Gasteiger partial charge in [0.2, 0.25) is 11.0 Å². The molecular formula is C18H33N3OS. The molecule has 4 nitrogen and oxygen atoms in total. The summed E-state index contributed by atoms with van der Waals surface area (Å²) in [5.74, 6) is 0.0692. The van der Waals surface area contributed by atoms with Crippen LogP contribution in [0, 0.1) is 0 Å². The highest BCUT2D eigenvalue weighted by molar-refractivity contribution is 7.15. The summed E-state index contributed by atoms with van der Waals surface area (Å²) in [6, 6.07) is 0. The van der Waals surface area contributed by atoms with E-state index in [1.54, 1.807) is 0 Å². The van der Waals surface area contributed by atoms with Crippen LogP contribution in [0.1, 0.15) is 95.9 Å². The molecule has 1 heterocycles. The molecule has 0 saturated heterocycles. The molecule has 0 aliphatic rings. The Labute approximate surface area is 145 Å². The molecule has 0 aliphatic carbocycles. The Morgan fingerprint density at radius 1 is 0.870 bits per heavy atom. The van der Waals surface area contributed by atoms with E-state index in [1.807, 2.05) is 6.92 Å². The molecule has 1 N–H and O–H groups in total. The van der Waals surface area contributed by atoms with Gasteiger partial charge in [-0.1, -0.05) is 89.4 Å². The lowest BCUT2D eigenvalue weighted by Crippen LogP contribution is -2.10. The fourth-order valence-corrected chi connectivity index (χ4v) is 3.27. The standard InChI is InChI=1S/C18H33N3OS/c1-3-5-6-7-8-9-10-11-12-13-14-15-16(22)19-18-21-20-17(4-2)23-18/h3-15H2,1-2H3,(H,19,21,22). The van der Waals surface area contributed by atoms with Gasteiger partial charge in [-0.3, -0.25) is 4.79 Å². The van der Waals surface area contributed by atoms with E-state index in [4.69, 9.17) is 0 Å². The summed E-state index contributed by atoms with van der Waals surface area (Å²) in [5.41, 5.74) is 0. The summed E-state index contributed by atoms with van der Waals surface area (Å²) in [6.45, 7) is 4.30. The van der Waals surface area contributed by atoms with Gasteiger partial charge in [-0.25, -0.2) is 0 Å². The lowest BCUT2D eigenvalue weighted by Gasteiger charge is -2.03. The second kappa shape index (κ2) is 13.5. The Bertz CT molecular complexity index is 420. The summed E-state index contributed by atoms with van der Waals surface area (Å²) in [7, 11) is 0. The molecule has 0 fully saturated rings. The van der Waals surface area contributed by atoms with Crippen LogP contribution in [0.25, 0.3) is 0 Å². The lowest BCUT2D eigenvalue weighted by molar-refractivity contribution is -0.116. The molecule has 1 rings (SSSR count). The molecule has 0 aliphatic heterocycles. The molecular weight excluding hydrogens is 306 g/mol. The van der Waals surface area contributed by atoms with Crippen molar-refractivity contribution in [2.24, 2.45) is 0 Å².